The SMILES string of the molecule is CCCNC(c1ccccc1F)C(C)CN1CCC(C)C1. The molecule has 0 aliphatic carbocycles. The van der Waals surface area contributed by atoms with Crippen LogP contribution in [0.1, 0.15) is 45.2 Å². The van der Waals surface area contributed by atoms with Gasteiger partial charge < -0.3 is 10.2 Å². The smallest absolute Gasteiger partial charge is 0.127 e. The van der Waals surface area contributed by atoms with Crippen molar-refractivity contribution in [2.75, 3.05) is 26.2 Å². The zero-order valence-corrected chi connectivity index (χ0v) is 13.6. The van der Waals surface area contributed by atoms with Crippen molar-refractivity contribution in [3.63, 3.8) is 0 Å². The van der Waals surface area contributed by atoms with Gasteiger partial charge >= 0.3 is 0 Å². The van der Waals surface area contributed by atoms with Crippen molar-refractivity contribution in [2.24, 2.45) is 11.8 Å². The summed E-state index contributed by atoms with van der Waals surface area (Å²) >= 11 is 0. The van der Waals surface area contributed by atoms with E-state index >= 15 is 0 Å². The van der Waals surface area contributed by atoms with Gasteiger partial charge in [-0.3, -0.25) is 0 Å². The van der Waals surface area contributed by atoms with Crippen LogP contribution in [0.5, 0.6) is 0 Å². The van der Waals surface area contributed by atoms with Crippen LogP contribution < -0.4 is 5.32 Å². The maximum absolute atomic E-state index is 14.1. The maximum atomic E-state index is 14.1. The van der Waals surface area contributed by atoms with Gasteiger partial charge in [0.25, 0.3) is 0 Å². The van der Waals surface area contributed by atoms with Gasteiger partial charge in [0.2, 0.25) is 0 Å². The first kappa shape index (κ1) is 16.4. The highest BCUT2D eigenvalue weighted by molar-refractivity contribution is 5.22. The second-order valence-corrected chi connectivity index (χ2v) is 6.58. The molecule has 3 unspecified atom stereocenters. The average molecular weight is 292 g/mol. The zero-order chi connectivity index (χ0) is 15.2. The first-order chi connectivity index (χ1) is 10.1. The molecule has 3 heteroatoms. The number of likely N-dealkylation sites (tertiary alicyclic amines) is 1. The predicted octanol–water partition coefficient (Wildman–Crippen LogP) is 3.84. The van der Waals surface area contributed by atoms with E-state index in [1.165, 1.54) is 19.5 Å². The molecule has 0 spiro atoms. The summed E-state index contributed by atoms with van der Waals surface area (Å²) in [5, 5.41) is 3.54. The van der Waals surface area contributed by atoms with Gasteiger partial charge in [-0.15, -0.1) is 0 Å². The van der Waals surface area contributed by atoms with Crippen molar-refractivity contribution in [3.05, 3.63) is 35.6 Å². The first-order valence-corrected chi connectivity index (χ1v) is 8.32. The Morgan fingerprint density at radius 2 is 2.14 bits per heavy atom. The van der Waals surface area contributed by atoms with Crippen LogP contribution in [0.25, 0.3) is 0 Å². The molecule has 1 aliphatic rings. The molecule has 21 heavy (non-hydrogen) atoms. The minimum Gasteiger partial charge on any atom is -0.310 e. The highest BCUT2D eigenvalue weighted by atomic mass is 19.1. The third kappa shape index (κ3) is 4.52. The first-order valence-electron chi connectivity index (χ1n) is 8.32. The molecule has 2 rings (SSSR count). The summed E-state index contributed by atoms with van der Waals surface area (Å²) in [4.78, 5) is 2.52. The molecule has 1 N–H and O–H groups in total. The fourth-order valence-electron chi connectivity index (χ4n) is 3.35. The fraction of sp³-hybridized carbons (Fsp3) is 0.667. The molecule has 3 atom stereocenters. The summed E-state index contributed by atoms with van der Waals surface area (Å²) in [7, 11) is 0. The molecule has 0 aromatic heterocycles. The van der Waals surface area contributed by atoms with E-state index in [0.717, 1.165) is 31.0 Å². The van der Waals surface area contributed by atoms with E-state index < -0.39 is 0 Å². The average Bonchev–Trinajstić information content (AvgIpc) is 2.86. The molecule has 0 saturated carbocycles. The number of nitrogens with zero attached hydrogens (tertiary/aromatic N) is 1. The van der Waals surface area contributed by atoms with Gasteiger partial charge in [0.05, 0.1) is 0 Å². The standard InChI is InChI=1S/C18H29FN2/c1-4-10-20-18(16-7-5-6-8-17(16)19)15(3)13-21-11-9-14(2)12-21/h5-8,14-15,18,20H,4,9-13H2,1-3H3. The van der Waals surface area contributed by atoms with Crippen LogP contribution in [0.15, 0.2) is 24.3 Å². The van der Waals surface area contributed by atoms with Crippen LogP contribution in [0.2, 0.25) is 0 Å². The van der Waals surface area contributed by atoms with Crippen LogP contribution >= 0.6 is 0 Å². The third-order valence-corrected chi connectivity index (χ3v) is 4.48. The quantitative estimate of drug-likeness (QED) is 0.821. The zero-order valence-electron chi connectivity index (χ0n) is 13.6. The van der Waals surface area contributed by atoms with Gasteiger partial charge in [-0.2, -0.15) is 0 Å². The van der Waals surface area contributed by atoms with Crippen LogP contribution in [0.4, 0.5) is 4.39 Å². The molecule has 0 amide bonds. The maximum Gasteiger partial charge on any atom is 0.127 e. The number of rotatable bonds is 7. The van der Waals surface area contributed by atoms with Gasteiger partial charge in [0.1, 0.15) is 5.82 Å². The number of hydrogen-bond acceptors (Lipinski definition) is 2. The van der Waals surface area contributed by atoms with Crippen molar-refractivity contribution in [1.29, 1.82) is 0 Å². The van der Waals surface area contributed by atoms with Gasteiger partial charge in [0.15, 0.2) is 0 Å². The topological polar surface area (TPSA) is 15.3 Å². The van der Waals surface area contributed by atoms with E-state index in [0.29, 0.717) is 5.92 Å². The predicted molar refractivity (Wildman–Crippen MR) is 86.8 cm³/mol. The minimum atomic E-state index is -0.0901. The minimum absolute atomic E-state index is 0.0901. The van der Waals surface area contributed by atoms with E-state index in [4.69, 9.17) is 0 Å². The lowest BCUT2D eigenvalue weighted by Gasteiger charge is -2.29. The Morgan fingerprint density at radius 3 is 2.76 bits per heavy atom. The molecular weight excluding hydrogens is 263 g/mol. The van der Waals surface area contributed by atoms with Crippen molar-refractivity contribution in [2.45, 2.75) is 39.7 Å². The fourth-order valence-corrected chi connectivity index (χ4v) is 3.35. The largest absolute Gasteiger partial charge is 0.310 e. The molecule has 1 aliphatic heterocycles. The Balaban J connectivity index is 2.06. The Morgan fingerprint density at radius 1 is 1.38 bits per heavy atom. The summed E-state index contributed by atoms with van der Waals surface area (Å²) in [6.07, 6.45) is 2.36. The van der Waals surface area contributed by atoms with Crippen LogP contribution in [-0.4, -0.2) is 31.1 Å². The normalized spacial score (nSPS) is 22.4. The van der Waals surface area contributed by atoms with Crippen molar-refractivity contribution >= 4 is 0 Å². The van der Waals surface area contributed by atoms with Gasteiger partial charge in [-0.1, -0.05) is 39.0 Å². The molecule has 0 radical (unpaired) electrons. The highest BCUT2D eigenvalue weighted by Gasteiger charge is 2.26. The van der Waals surface area contributed by atoms with Crippen LogP contribution in [0.3, 0.4) is 0 Å². The monoisotopic (exact) mass is 292 g/mol. The second-order valence-electron chi connectivity index (χ2n) is 6.58. The Kier molecular flexibility index (Phi) is 6.19. The van der Waals surface area contributed by atoms with Gasteiger partial charge in [0, 0.05) is 24.7 Å². The molecule has 118 valence electrons. The molecule has 0 bridgehead atoms. The van der Waals surface area contributed by atoms with Crippen molar-refractivity contribution < 1.29 is 4.39 Å². The van der Waals surface area contributed by atoms with Gasteiger partial charge in [-0.25, -0.2) is 4.39 Å². The summed E-state index contributed by atoms with van der Waals surface area (Å²) in [6, 6.07) is 7.29. The molecule has 1 aromatic rings. The molecule has 2 nitrogen and oxygen atoms in total. The molecule has 1 saturated heterocycles. The Bertz CT molecular complexity index is 435. The Labute approximate surface area is 128 Å². The number of benzene rings is 1. The summed E-state index contributed by atoms with van der Waals surface area (Å²) in [6.45, 7) is 11.0. The lowest BCUT2D eigenvalue weighted by atomic mass is 9.93. The third-order valence-electron chi connectivity index (χ3n) is 4.48. The van der Waals surface area contributed by atoms with E-state index in [-0.39, 0.29) is 11.9 Å². The molecule has 1 aromatic carbocycles. The van der Waals surface area contributed by atoms with E-state index in [1.54, 1.807) is 12.1 Å². The van der Waals surface area contributed by atoms with Crippen molar-refractivity contribution in [1.82, 2.24) is 10.2 Å². The second kappa shape index (κ2) is 7.90. The van der Waals surface area contributed by atoms with E-state index in [2.05, 4.69) is 31.0 Å². The number of hydrogen-bond donors (Lipinski definition) is 1. The van der Waals surface area contributed by atoms with Crippen LogP contribution in [-0.2, 0) is 0 Å². The summed E-state index contributed by atoms with van der Waals surface area (Å²) in [5.41, 5.74) is 0.811. The molecule has 1 fully saturated rings. The van der Waals surface area contributed by atoms with Gasteiger partial charge in [-0.05, 0) is 43.8 Å². The van der Waals surface area contributed by atoms with E-state index in [9.17, 15) is 4.39 Å². The lowest BCUT2D eigenvalue weighted by Crippen LogP contribution is -2.35. The summed E-state index contributed by atoms with van der Waals surface area (Å²) in [5.74, 6) is 1.11. The lowest BCUT2D eigenvalue weighted by molar-refractivity contribution is 0.240. The molecular formula is C18H29FN2. The summed E-state index contributed by atoms with van der Waals surface area (Å²) < 4.78 is 14.1. The van der Waals surface area contributed by atoms with Crippen LogP contribution in [0, 0.1) is 17.7 Å². The van der Waals surface area contributed by atoms with Crippen molar-refractivity contribution in [3.8, 4) is 0 Å². The molecule has 1 heterocycles. The number of nitrogens with one attached hydrogen (secondary N) is 1. The number of halogens is 1. The highest BCUT2D eigenvalue weighted by Crippen LogP contribution is 2.27. The Hall–Kier alpha value is -0.930. The van der Waals surface area contributed by atoms with E-state index in [1.807, 2.05) is 12.1 Å².